The summed E-state index contributed by atoms with van der Waals surface area (Å²) >= 11 is 3.51. The predicted octanol–water partition coefficient (Wildman–Crippen LogP) is 1.93. The van der Waals surface area contributed by atoms with Gasteiger partial charge in [-0.25, -0.2) is 0 Å². The molecule has 1 aliphatic heterocycles. The Balaban J connectivity index is 1.83. The minimum Gasteiger partial charge on any atom is -0.368 e. The molecular formula is C16H22BrN3O2. The van der Waals surface area contributed by atoms with Gasteiger partial charge in [0.05, 0.1) is 0 Å². The van der Waals surface area contributed by atoms with Crippen LogP contribution in [-0.2, 0) is 9.59 Å². The molecule has 5 nitrogen and oxygen atoms in total. The lowest BCUT2D eigenvalue weighted by Crippen LogP contribution is -2.49. The van der Waals surface area contributed by atoms with Crippen LogP contribution < -0.4 is 10.2 Å². The Morgan fingerprint density at radius 2 is 1.91 bits per heavy atom. The summed E-state index contributed by atoms with van der Waals surface area (Å²) < 4.78 is 1.11. The third kappa shape index (κ3) is 4.47. The number of aryl methyl sites for hydroxylation is 1. The lowest BCUT2D eigenvalue weighted by Gasteiger charge is -2.36. The molecule has 1 heterocycles. The van der Waals surface area contributed by atoms with Gasteiger partial charge in [-0.05, 0) is 30.7 Å². The number of piperazine rings is 1. The average Bonchev–Trinajstić information content (AvgIpc) is 2.50. The molecule has 0 bridgehead atoms. The lowest BCUT2D eigenvalue weighted by molar-refractivity contribution is -0.131. The Morgan fingerprint density at radius 3 is 2.50 bits per heavy atom. The van der Waals surface area contributed by atoms with Gasteiger partial charge in [-0.3, -0.25) is 9.59 Å². The summed E-state index contributed by atoms with van der Waals surface area (Å²) in [6.07, 6.45) is 0.372. The number of hydrogen-bond donors (Lipinski definition) is 1. The molecule has 2 amide bonds. The Morgan fingerprint density at radius 1 is 1.23 bits per heavy atom. The van der Waals surface area contributed by atoms with Crippen molar-refractivity contribution in [2.45, 2.75) is 20.3 Å². The van der Waals surface area contributed by atoms with E-state index >= 15 is 0 Å². The van der Waals surface area contributed by atoms with Gasteiger partial charge in [0.1, 0.15) is 0 Å². The molecule has 0 aliphatic carbocycles. The highest BCUT2D eigenvalue weighted by Gasteiger charge is 2.21. The van der Waals surface area contributed by atoms with E-state index < -0.39 is 0 Å². The van der Waals surface area contributed by atoms with Crippen LogP contribution in [0.2, 0.25) is 0 Å². The van der Waals surface area contributed by atoms with Crippen LogP contribution in [0.3, 0.4) is 0 Å². The van der Waals surface area contributed by atoms with Crippen LogP contribution in [0.25, 0.3) is 0 Å². The average molecular weight is 368 g/mol. The Kier molecular flexibility index (Phi) is 5.83. The molecule has 1 N–H and O–H groups in total. The second-order valence-corrected chi connectivity index (χ2v) is 6.39. The monoisotopic (exact) mass is 367 g/mol. The summed E-state index contributed by atoms with van der Waals surface area (Å²) in [4.78, 5) is 27.1. The van der Waals surface area contributed by atoms with Gasteiger partial charge in [-0.15, -0.1) is 0 Å². The highest BCUT2D eigenvalue weighted by atomic mass is 79.9. The van der Waals surface area contributed by atoms with E-state index in [9.17, 15) is 9.59 Å². The summed E-state index contributed by atoms with van der Waals surface area (Å²) in [5.74, 6) is 0.0172. The van der Waals surface area contributed by atoms with Crippen LogP contribution in [0.1, 0.15) is 18.9 Å². The summed E-state index contributed by atoms with van der Waals surface area (Å²) in [6.45, 7) is 7.10. The van der Waals surface area contributed by atoms with Gasteiger partial charge in [-0.2, -0.15) is 0 Å². The Bertz CT molecular complexity index is 554. The first kappa shape index (κ1) is 16.8. The number of rotatable bonds is 4. The fraction of sp³-hybridized carbons (Fsp3) is 0.500. The number of amides is 2. The van der Waals surface area contributed by atoms with Crippen molar-refractivity contribution in [3.63, 3.8) is 0 Å². The maximum atomic E-state index is 12.1. The number of carbonyl (C=O) groups excluding carboxylic acids is 2. The van der Waals surface area contributed by atoms with E-state index in [0.29, 0.717) is 13.0 Å². The molecule has 0 atom stereocenters. The van der Waals surface area contributed by atoms with E-state index in [1.165, 1.54) is 18.2 Å². The smallest absolute Gasteiger partial charge is 0.224 e. The number of nitrogens with one attached hydrogen (secondary N) is 1. The number of carbonyl (C=O) groups is 2. The number of halogens is 1. The SMILES string of the molecule is CC(=O)NCCC(=O)N1CCN(c2ccc(Br)c(C)c2)CC1. The predicted molar refractivity (Wildman–Crippen MR) is 91.0 cm³/mol. The van der Waals surface area contributed by atoms with Crippen molar-refractivity contribution >= 4 is 33.4 Å². The molecule has 0 unspecified atom stereocenters. The largest absolute Gasteiger partial charge is 0.368 e. The molecule has 0 radical (unpaired) electrons. The maximum absolute atomic E-state index is 12.1. The van der Waals surface area contributed by atoms with Gasteiger partial charge in [0, 0.05) is 56.2 Å². The van der Waals surface area contributed by atoms with E-state index in [4.69, 9.17) is 0 Å². The minimum absolute atomic E-state index is 0.0942. The van der Waals surface area contributed by atoms with Crippen LogP contribution in [0.15, 0.2) is 22.7 Å². The minimum atomic E-state index is -0.0942. The fourth-order valence-corrected chi connectivity index (χ4v) is 2.79. The van der Waals surface area contributed by atoms with Crippen molar-refractivity contribution in [3.8, 4) is 0 Å². The van der Waals surface area contributed by atoms with Crippen molar-refractivity contribution in [2.24, 2.45) is 0 Å². The van der Waals surface area contributed by atoms with Crippen molar-refractivity contribution in [2.75, 3.05) is 37.6 Å². The first-order valence-electron chi connectivity index (χ1n) is 7.50. The molecule has 0 aromatic heterocycles. The second kappa shape index (κ2) is 7.63. The van der Waals surface area contributed by atoms with Crippen molar-refractivity contribution in [3.05, 3.63) is 28.2 Å². The van der Waals surface area contributed by atoms with Gasteiger partial charge < -0.3 is 15.1 Å². The van der Waals surface area contributed by atoms with E-state index in [1.54, 1.807) is 0 Å². The van der Waals surface area contributed by atoms with Crippen LogP contribution in [0, 0.1) is 6.92 Å². The molecule has 1 saturated heterocycles. The van der Waals surface area contributed by atoms with E-state index in [2.05, 4.69) is 51.3 Å². The fourth-order valence-electron chi connectivity index (χ4n) is 2.54. The quantitative estimate of drug-likeness (QED) is 0.884. The molecule has 0 saturated carbocycles. The molecule has 2 rings (SSSR count). The molecule has 1 fully saturated rings. The van der Waals surface area contributed by atoms with Crippen LogP contribution >= 0.6 is 15.9 Å². The number of anilines is 1. The van der Waals surface area contributed by atoms with Crippen LogP contribution in [0.5, 0.6) is 0 Å². The van der Waals surface area contributed by atoms with Crippen molar-refractivity contribution in [1.29, 1.82) is 0 Å². The lowest BCUT2D eigenvalue weighted by atomic mass is 10.2. The van der Waals surface area contributed by atoms with Crippen molar-refractivity contribution in [1.82, 2.24) is 10.2 Å². The molecule has 1 aromatic rings. The summed E-state index contributed by atoms with van der Waals surface area (Å²) in [6, 6.07) is 6.33. The third-order valence-corrected chi connectivity index (χ3v) is 4.74. The zero-order valence-electron chi connectivity index (χ0n) is 13.1. The summed E-state index contributed by atoms with van der Waals surface area (Å²) in [5, 5.41) is 2.66. The zero-order valence-corrected chi connectivity index (χ0v) is 14.6. The summed E-state index contributed by atoms with van der Waals surface area (Å²) in [5.41, 5.74) is 2.41. The van der Waals surface area contributed by atoms with Crippen molar-refractivity contribution < 1.29 is 9.59 Å². The standard InChI is InChI=1S/C16H22BrN3O2/c1-12-11-14(3-4-15(12)17)19-7-9-20(10-8-19)16(22)5-6-18-13(2)21/h3-4,11H,5-10H2,1-2H3,(H,18,21). The molecular weight excluding hydrogens is 346 g/mol. The van der Waals surface area contributed by atoms with Gasteiger partial charge in [-0.1, -0.05) is 15.9 Å². The first-order valence-corrected chi connectivity index (χ1v) is 8.30. The van der Waals surface area contributed by atoms with Gasteiger partial charge >= 0.3 is 0 Å². The van der Waals surface area contributed by atoms with Gasteiger partial charge in [0.15, 0.2) is 0 Å². The highest BCUT2D eigenvalue weighted by Crippen LogP contribution is 2.23. The van der Waals surface area contributed by atoms with Crippen LogP contribution in [0.4, 0.5) is 5.69 Å². The zero-order chi connectivity index (χ0) is 16.1. The number of hydrogen-bond acceptors (Lipinski definition) is 3. The molecule has 1 aliphatic rings. The van der Waals surface area contributed by atoms with Gasteiger partial charge in [0.25, 0.3) is 0 Å². The van der Waals surface area contributed by atoms with E-state index in [1.807, 2.05) is 4.90 Å². The molecule has 6 heteroatoms. The second-order valence-electron chi connectivity index (χ2n) is 5.53. The van der Waals surface area contributed by atoms with E-state index in [0.717, 1.165) is 30.7 Å². The third-order valence-electron chi connectivity index (χ3n) is 3.85. The molecule has 0 spiro atoms. The highest BCUT2D eigenvalue weighted by molar-refractivity contribution is 9.10. The van der Waals surface area contributed by atoms with E-state index in [-0.39, 0.29) is 11.8 Å². The number of nitrogens with zero attached hydrogens (tertiary/aromatic N) is 2. The molecule has 1 aromatic carbocycles. The first-order chi connectivity index (χ1) is 10.5. The molecule has 22 heavy (non-hydrogen) atoms. The van der Waals surface area contributed by atoms with Crippen LogP contribution in [-0.4, -0.2) is 49.4 Å². The topological polar surface area (TPSA) is 52.7 Å². The van der Waals surface area contributed by atoms with Gasteiger partial charge in [0.2, 0.25) is 11.8 Å². The number of benzene rings is 1. The normalized spacial score (nSPS) is 14.9. The maximum Gasteiger partial charge on any atom is 0.224 e. The Labute approximate surface area is 139 Å². The summed E-state index contributed by atoms with van der Waals surface area (Å²) in [7, 11) is 0. The Hall–Kier alpha value is -1.56. The molecule has 120 valence electrons.